The van der Waals surface area contributed by atoms with Crippen molar-refractivity contribution in [3.05, 3.63) is 65.4 Å². The van der Waals surface area contributed by atoms with Crippen molar-refractivity contribution in [2.75, 3.05) is 6.54 Å². The van der Waals surface area contributed by atoms with E-state index in [-0.39, 0.29) is 0 Å². The third-order valence-electron chi connectivity index (χ3n) is 4.33. The molecule has 4 nitrogen and oxygen atoms in total. The van der Waals surface area contributed by atoms with Crippen LogP contribution in [-0.4, -0.2) is 17.0 Å². The maximum absolute atomic E-state index is 11.7. The van der Waals surface area contributed by atoms with E-state index in [2.05, 4.69) is 23.5 Å². The highest BCUT2D eigenvalue weighted by Crippen LogP contribution is 2.26. The van der Waals surface area contributed by atoms with Crippen LogP contribution in [0.15, 0.2) is 48.7 Å². The SMILES string of the molecule is NC(=O)c1cccc2ccn(-c3ccc4c(c3)CNCC4)c12. The number of carbonyl (C=O) groups excluding carboxylic acids is 1. The van der Waals surface area contributed by atoms with Gasteiger partial charge in [-0.25, -0.2) is 0 Å². The minimum Gasteiger partial charge on any atom is -0.366 e. The van der Waals surface area contributed by atoms with E-state index >= 15 is 0 Å². The lowest BCUT2D eigenvalue weighted by molar-refractivity contribution is 0.100. The van der Waals surface area contributed by atoms with Crippen LogP contribution in [-0.2, 0) is 13.0 Å². The molecule has 0 bridgehead atoms. The minimum atomic E-state index is -0.398. The van der Waals surface area contributed by atoms with Crippen molar-refractivity contribution >= 4 is 16.8 Å². The Labute approximate surface area is 128 Å². The number of benzene rings is 2. The number of para-hydroxylation sites is 1. The van der Waals surface area contributed by atoms with Gasteiger partial charge in [-0.15, -0.1) is 0 Å². The van der Waals surface area contributed by atoms with Crippen LogP contribution < -0.4 is 11.1 Å². The lowest BCUT2D eigenvalue weighted by Crippen LogP contribution is -2.23. The minimum absolute atomic E-state index is 0.398. The summed E-state index contributed by atoms with van der Waals surface area (Å²) in [6.45, 7) is 1.93. The van der Waals surface area contributed by atoms with Crippen LogP contribution in [0.4, 0.5) is 0 Å². The molecule has 0 saturated carbocycles. The summed E-state index contributed by atoms with van der Waals surface area (Å²) >= 11 is 0. The molecule has 0 spiro atoms. The molecule has 2 heterocycles. The fourth-order valence-corrected chi connectivity index (χ4v) is 3.22. The average molecular weight is 291 g/mol. The molecule has 1 aliphatic rings. The number of aromatic nitrogens is 1. The number of carbonyl (C=O) groups is 1. The Morgan fingerprint density at radius 3 is 2.91 bits per heavy atom. The van der Waals surface area contributed by atoms with Crippen molar-refractivity contribution in [1.29, 1.82) is 0 Å². The molecule has 1 aromatic heterocycles. The van der Waals surface area contributed by atoms with Gasteiger partial charge in [0.25, 0.3) is 5.91 Å². The lowest BCUT2D eigenvalue weighted by Gasteiger charge is -2.18. The zero-order valence-corrected chi connectivity index (χ0v) is 12.2. The first kappa shape index (κ1) is 13.1. The maximum atomic E-state index is 11.7. The van der Waals surface area contributed by atoms with Crippen LogP contribution in [0.3, 0.4) is 0 Å². The van der Waals surface area contributed by atoms with Crippen LogP contribution in [0, 0.1) is 0 Å². The number of amides is 1. The fourth-order valence-electron chi connectivity index (χ4n) is 3.22. The predicted octanol–water partition coefficient (Wildman–Crippen LogP) is 2.38. The molecule has 0 saturated heterocycles. The van der Waals surface area contributed by atoms with Crippen molar-refractivity contribution in [1.82, 2.24) is 9.88 Å². The van der Waals surface area contributed by atoms with Gasteiger partial charge in [0.15, 0.2) is 0 Å². The predicted molar refractivity (Wildman–Crippen MR) is 87.2 cm³/mol. The molecule has 0 radical (unpaired) electrons. The van der Waals surface area contributed by atoms with E-state index in [1.54, 1.807) is 6.07 Å². The highest BCUT2D eigenvalue weighted by atomic mass is 16.1. The van der Waals surface area contributed by atoms with Gasteiger partial charge >= 0.3 is 0 Å². The average Bonchev–Trinajstić information content (AvgIpc) is 2.98. The largest absolute Gasteiger partial charge is 0.366 e. The normalized spacial score (nSPS) is 14.0. The number of primary amides is 1. The number of nitrogens with one attached hydrogen (secondary N) is 1. The molecule has 22 heavy (non-hydrogen) atoms. The highest BCUT2D eigenvalue weighted by molar-refractivity contribution is 6.05. The Bertz CT molecular complexity index is 879. The smallest absolute Gasteiger partial charge is 0.250 e. The van der Waals surface area contributed by atoms with E-state index in [1.807, 2.05) is 29.0 Å². The first-order valence-corrected chi connectivity index (χ1v) is 7.47. The van der Waals surface area contributed by atoms with Crippen molar-refractivity contribution in [2.24, 2.45) is 5.73 Å². The van der Waals surface area contributed by atoms with Crippen LogP contribution in [0.1, 0.15) is 21.5 Å². The van der Waals surface area contributed by atoms with Gasteiger partial charge in [0.05, 0.1) is 11.1 Å². The number of hydrogen-bond donors (Lipinski definition) is 2. The summed E-state index contributed by atoms with van der Waals surface area (Å²) in [5.41, 5.74) is 10.7. The Hall–Kier alpha value is -2.59. The van der Waals surface area contributed by atoms with Crippen LogP contribution in [0.5, 0.6) is 0 Å². The first-order chi connectivity index (χ1) is 10.7. The standard InChI is InChI=1S/C18H17N3O/c19-18(22)16-3-1-2-13-7-9-21(17(13)16)15-5-4-12-6-8-20-11-14(12)10-15/h1-5,7,9-10,20H,6,8,11H2,(H2,19,22). The zero-order valence-electron chi connectivity index (χ0n) is 12.2. The van der Waals surface area contributed by atoms with Crippen molar-refractivity contribution < 1.29 is 4.79 Å². The van der Waals surface area contributed by atoms with Gasteiger partial charge in [0.1, 0.15) is 0 Å². The summed E-state index contributed by atoms with van der Waals surface area (Å²) in [7, 11) is 0. The lowest BCUT2D eigenvalue weighted by atomic mass is 10.0. The van der Waals surface area contributed by atoms with Gasteiger partial charge in [-0.3, -0.25) is 4.79 Å². The zero-order chi connectivity index (χ0) is 15.1. The summed E-state index contributed by atoms with van der Waals surface area (Å²) in [6, 6.07) is 14.1. The Morgan fingerprint density at radius 2 is 2.05 bits per heavy atom. The van der Waals surface area contributed by atoms with Crippen LogP contribution >= 0.6 is 0 Å². The molecule has 3 aromatic rings. The number of fused-ring (bicyclic) bond motifs is 2. The number of nitrogens with two attached hydrogens (primary N) is 1. The number of hydrogen-bond acceptors (Lipinski definition) is 2. The Morgan fingerprint density at radius 1 is 1.14 bits per heavy atom. The van der Waals surface area contributed by atoms with Gasteiger partial charge in [-0.05, 0) is 48.4 Å². The van der Waals surface area contributed by atoms with E-state index in [0.29, 0.717) is 5.56 Å². The van der Waals surface area contributed by atoms with E-state index in [4.69, 9.17) is 5.73 Å². The van der Waals surface area contributed by atoms with Crippen LogP contribution in [0.2, 0.25) is 0 Å². The van der Waals surface area contributed by atoms with Gasteiger partial charge < -0.3 is 15.6 Å². The van der Waals surface area contributed by atoms with Gasteiger partial charge in [0.2, 0.25) is 0 Å². The van der Waals surface area contributed by atoms with Crippen molar-refractivity contribution in [3.63, 3.8) is 0 Å². The number of rotatable bonds is 2. The Kier molecular flexibility index (Phi) is 2.98. The number of nitrogens with zero attached hydrogens (tertiary/aromatic N) is 1. The summed E-state index contributed by atoms with van der Waals surface area (Å²) in [6.07, 6.45) is 3.06. The molecule has 0 aliphatic carbocycles. The summed E-state index contributed by atoms with van der Waals surface area (Å²) in [4.78, 5) is 11.7. The molecule has 4 rings (SSSR count). The topological polar surface area (TPSA) is 60.1 Å². The molecule has 0 unspecified atom stereocenters. The molecule has 110 valence electrons. The van der Waals surface area contributed by atoms with Gasteiger partial charge in [0, 0.05) is 23.8 Å². The molecular weight excluding hydrogens is 274 g/mol. The highest BCUT2D eigenvalue weighted by Gasteiger charge is 2.14. The molecule has 2 aromatic carbocycles. The van der Waals surface area contributed by atoms with E-state index < -0.39 is 5.91 Å². The molecule has 1 amide bonds. The third-order valence-corrected chi connectivity index (χ3v) is 4.33. The molecule has 3 N–H and O–H groups in total. The van der Waals surface area contributed by atoms with Crippen LogP contribution in [0.25, 0.3) is 16.6 Å². The quantitative estimate of drug-likeness (QED) is 0.761. The van der Waals surface area contributed by atoms with Gasteiger partial charge in [-0.1, -0.05) is 18.2 Å². The second-order valence-electron chi connectivity index (χ2n) is 5.67. The monoisotopic (exact) mass is 291 g/mol. The summed E-state index contributed by atoms with van der Waals surface area (Å²) in [5.74, 6) is -0.398. The van der Waals surface area contributed by atoms with E-state index in [0.717, 1.165) is 36.1 Å². The third kappa shape index (κ3) is 2.00. The van der Waals surface area contributed by atoms with E-state index in [9.17, 15) is 4.79 Å². The molecule has 4 heteroatoms. The second-order valence-corrected chi connectivity index (χ2v) is 5.67. The second kappa shape index (κ2) is 5.00. The summed E-state index contributed by atoms with van der Waals surface area (Å²) in [5, 5.41) is 4.42. The van der Waals surface area contributed by atoms with Gasteiger partial charge in [-0.2, -0.15) is 0 Å². The summed E-state index contributed by atoms with van der Waals surface area (Å²) < 4.78 is 2.05. The molecule has 1 aliphatic heterocycles. The van der Waals surface area contributed by atoms with Crippen molar-refractivity contribution in [3.8, 4) is 5.69 Å². The first-order valence-electron chi connectivity index (χ1n) is 7.47. The molecule has 0 atom stereocenters. The van der Waals surface area contributed by atoms with E-state index in [1.165, 1.54) is 11.1 Å². The molecule has 0 fully saturated rings. The maximum Gasteiger partial charge on any atom is 0.250 e. The van der Waals surface area contributed by atoms with Crippen molar-refractivity contribution in [2.45, 2.75) is 13.0 Å². The fraction of sp³-hybridized carbons (Fsp3) is 0.167. The molecular formula is C18H17N3O. The Balaban J connectivity index is 1.93.